The van der Waals surface area contributed by atoms with Gasteiger partial charge in [-0.1, -0.05) is 51.1 Å². The van der Waals surface area contributed by atoms with E-state index in [-0.39, 0.29) is 24.5 Å². The number of aliphatic hydroxyl groups excluding tert-OH is 2. The Morgan fingerprint density at radius 2 is 1.88 bits per heavy atom. The molecule has 2 aromatic carbocycles. The van der Waals surface area contributed by atoms with Crippen molar-refractivity contribution in [3.63, 3.8) is 0 Å². The Morgan fingerprint density at radius 1 is 1.17 bits per heavy atom. The number of hydrogen-bond donors (Lipinski definition) is 3. The van der Waals surface area contributed by atoms with E-state index in [0.29, 0.717) is 35.3 Å². The summed E-state index contributed by atoms with van der Waals surface area (Å²) in [5.74, 6) is 0.600. The van der Waals surface area contributed by atoms with Crippen LogP contribution in [0.25, 0.3) is 11.1 Å². The minimum atomic E-state index is -0.844. The number of amides is 2. The van der Waals surface area contributed by atoms with Crippen LogP contribution in [0.15, 0.2) is 48.5 Å². The van der Waals surface area contributed by atoms with Gasteiger partial charge in [-0.25, -0.2) is 5.06 Å². The summed E-state index contributed by atoms with van der Waals surface area (Å²) >= 11 is 0. The number of carbonyl (C=O) groups excluding carboxylic acids is 2. The molecule has 9 heteroatoms. The Labute approximate surface area is 248 Å². The average Bonchev–Trinajstić information content (AvgIpc) is 3.35. The predicted octanol–water partition coefficient (Wildman–Crippen LogP) is 3.65. The van der Waals surface area contributed by atoms with Crippen LogP contribution < -0.4 is 5.32 Å². The molecule has 1 heterocycles. The van der Waals surface area contributed by atoms with Crippen molar-refractivity contribution >= 4 is 11.8 Å². The Bertz CT molecular complexity index is 1280. The molecule has 3 N–H and O–H groups in total. The second-order valence-electron chi connectivity index (χ2n) is 13.0. The van der Waals surface area contributed by atoms with Crippen LogP contribution in [0.4, 0.5) is 0 Å². The minimum absolute atomic E-state index is 0.0841. The maximum Gasteiger partial charge on any atom is 0.277 e. The van der Waals surface area contributed by atoms with Crippen LogP contribution in [0.5, 0.6) is 0 Å². The number of rotatable bonds is 9. The van der Waals surface area contributed by atoms with Gasteiger partial charge in [-0.2, -0.15) is 5.06 Å². The van der Waals surface area contributed by atoms with Crippen molar-refractivity contribution in [2.75, 3.05) is 20.8 Å². The standard InChI is InChI=1S/C33H45N3O6/c1-19-26-15-25(33(26,3)4)16-27(19)34-31(39)30-29(20(2)38)28(18-37)42-36(30)17-21-8-7-9-24(14-21)22-10-12-23(13-11-22)32(40)35(5)41-6/h7-14,19-20,25-30,37-38H,15-18H2,1-6H3,(H,34,39)/t19-,20-,25+,26-,27-,28-,29+,30-/m0/s1. The summed E-state index contributed by atoms with van der Waals surface area (Å²) in [6.45, 7) is 8.58. The van der Waals surface area contributed by atoms with E-state index in [1.165, 1.54) is 18.6 Å². The number of aliphatic hydroxyl groups is 2. The summed E-state index contributed by atoms with van der Waals surface area (Å²) in [4.78, 5) is 37.4. The van der Waals surface area contributed by atoms with Gasteiger partial charge in [-0.3, -0.25) is 19.3 Å². The summed E-state index contributed by atoms with van der Waals surface area (Å²) in [5, 5.41) is 26.9. The summed E-state index contributed by atoms with van der Waals surface area (Å²) in [7, 11) is 3.01. The van der Waals surface area contributed by atoms with Crippen LogP contribution in [0.2, 0.25) is 0 Å². The molecule has 1 aliphatic heterocycles. The summed E-state index contributed by atoms with van der Waals surface area (Å²) in [5.41, 5.74) is 3.64. The van der Waals surface area contributed by atoms with E-state index in [2.05, 4.69) is 26.1 Å². The van der Waals surface area contributed by atoms with Crippen LogP contribution in [0, 0.1) is 29.1 Å². The predicted molar refractivity (Wildman–Crippen MR) is 159 cm³/mol. The molecule has 2 bridgehead atoms. The summed E-state index contributed by atoms with van der Waals surface area (Å²) in [6.07, 6.45) is 0.655. The van der Waals surface area contributed by atoms with Gasteiger partial charge in [0.25, 0.3) is 5.91 Å². The lowest BCUT2D eigenvalue weighted by Gasteiger charge is -2.62. The van der Waals surface area contributed by atoms with Crippen molar-refractivity contribution in [3.05, 3.63) is 59.7 Å². The molecule has 0 radical (unpaired) electrons. The highest BCUT2D eigenvalue weighted by Gasteiger charge is 2.57. The van der Waals surface area contributed by atoms with Crippen LogP contribution in [-0.2, 0) is 21.0 Å². The maximum atomic E-state index is 13.9. The second kappa shape index (κ2) is 12.1. The minimum Gasteiger partial charge on any atom is -0.394 e. The first-order valence-corrected chi connectivity index (χ1v) is 15.0. The molecule has 0 unspecified atom stereocenters. The zero-order chi connectivity index (χ0) is 30.3. The molecule has 3 saturated carbocycles. The van der Waals surface area contributed by atoms with Crippen molar-refractivity contribution in [2.45, 2.75) is 71.4 Å². The molecule has 228 valence electrons. The van der Waals surface area contributed by atoms with E-state index in [0.717, 1.165) is 23.1 Å². The molecule has 9 nitrogen and oxygen atoms in total. The summed E-state index contributed by atoms with van der Waals surface area (Å²) < 4.78 is 0. The van der Waals surface area contributed by atoms with E-state index in [9.17, 15) is 19.8 Å². The second-order valence-corrected chi connectivity index (χ2v) is 13.0. The molecule has 6 rings (SSSR count). The largest absolute Gasteiger partial charge is 0.394 e. The maximum absolute atomic E-state index is 13.9. The Morgan fingerprint density at radius 3 is 2.48 bits per heavy atom. The Hall–Kier alpha value is -2.82. The lowest BCUT2D eigenvalue weighted by Crippen LogP contribution is -2.62. The first-order valence-electron chi connectivity index (χ1n) is 15.0. The van der Waals surface area contributed by atoms with Gasteiger partial charge in [0.15, 0.2) is 0 Å². The Balaban J connectivity index is 1.34. The monoisotopic (exact) mass is 579 g/mol. The van der Waals surface area contributed by atoms with Crippen LogP contribution in [-0.4, -0.2) is 77.2 Å². The van der Waals surface area contributed by atoms with Gasteiger partial charge in [0, 0.05) is 24.6 Å². The van der Waals surface area contributed by atoms with Crippen molar-refractivity contribution < 1.29 is 29.5 Å². The average molecular weight is 580 g/mol. The molecule has 3 aliphatic carbocycles. The zero-order valence-corrected chi connectivity index (χ0v) is 25.5. The molecule has 1 saturated heterocycles. The van der Waals surface area contributed by atoms with Gasteiger partial charge in [-0.15, -0.1) is 0 Å². The van der Waals surface area contributed by atoms with Crippen LogP contribution >= 0.6 is 0 Å². The quantitative estimate of drug-likeness (QED) is 0.389. The molecule has 4 aliphatic rings. The lowest BCUT2D eigenvalue weighted by atomic mass is 9.45. The molecule has 8 atom stereocenters. The summed E-state index contributed by atoms with van der Waals surface area (Å²) in [6, 6.07) is 14.6. The third-order valence-corrected chi connectivity index (χ3v) is 10.4. The van der Waals surface area contributed by atoms with E-state index >= 15 is 0 Å². The number of fused-ring (bicyclic) bond motifs is 2. The number of hydrogen-bond acceptors (Lipinski definition) is 7. The fraction of sp³-hybridized carbons (Fsp3) is 0.576. The number of hydroxylamine groups is 4. The van der Waals surface area contributed by atoms with Crippen molar-refractivity contribution in [2.24, 2.45) is 29.1 Å². The molecular weight excluding hydrogens is 534 g/mol. The molecule has 42 heavy (non-hydrogen) atoms. The van der Waals surface area contributed by atoms with Gasteiger partial charge in [0.1, 0.15) is 12.1 Å². The molecule has 2 aromatic rings. The Kier molecular flexibility index (Phi) is 8.79. The van der Waals surface area contributed by atoms with E-state index in [1.807, 2.05) is 36.4 Å². The smallest absolute Gasteiger partial charge is 0.277 e. The highest BCUT2D eigenvalue weighted by atomic mass is 16.7. The lowest BCUT2D eigenvalue weighted by molar-refractivity contribution is -0.183. The van der Waals surface area contributed by atoms with Gasteiger partial charge in [0.05, 0.1) is 26.4 Å². The number of carbonyl (C=O) groups is 2. The highest BCUT2D eigenvalue weighted by molar-refractivity contribution is 5.93. The van der Waals surface area contributed by atoms with Crippen molar-refractivity contribution in [3.8, 4) is 11.1 Å². The van der Waals surface area contributed by atoms with Gasteiger partial charge < -0.3 is 15.5 Å². The van der Waals surface area contributed by atoms with Gasteiger partial charge >= 0.3 is 0 Å². The normalized spacial score (nSPS) is 30.8. The third-order valence-electron chi connectivity index (χ3n) is 10.4. The molecular formula is C33H45N3O6. The fourth-order valence-electron chi connectivity index (χ4n) is 7.58. The van der Waals surface area contributed by atoms with Crippen molar-refractivity contribution in [1.82, 2.24) is 15.4 Å². The topological polar surface area (TPSA) is 112 Å². The van der Waals surface area contributed by atoms with Gasteiger partial charge in [0.2, 0.25) is 5.91 Å². The highest BCUT2D eigenvalue weighted by Crippen LogP contribution is 2.61. The SMILES string of the molecule is CON(C)C(=O)c1ccc(-c2cccc(CN3O[C@@H](CO)[C@@H]([C@H](C)O)[C@H]3C(=O)N[C@H]3C[C@H]4C[C@@H]([C@@H]3C)C4(C)C)c2)cc1. The molecule has 2 amide bonds. The fourth-order valence-corrected chi connectivity index (χ4v) is 7.58. The van der Waals surface area contributed by atoms with Crippen LogP contribution in [0.1, 0.15) is 56.5 Å². The zero-order valence-electron chi connectivity index (χ0n) is 25.5. The number of nitrogens with zero attached hydrogens (tertiary/aromatic N) is 2. The first-order chi connectivity index (χ1) is 20.0. The van der Waals surface area contributed by atoms with Crippen LogP contribution in [0.3, 0.4) is 0 Å². The molecule has 4 fully saturated rings. The third kappa shape index (κ3) is 5.61. The first kappa shape index (κ1) is 30.6. The molecule has 0 aromatic heterocycles. The number of nitrogens with one attached hydrogen (secondary N) is 1. The van der Waals surface area contributed by atoms with E-state index in [1.54, 1.807) is 31.2 Å². The van der Waals surface area contributed by atoms with E-state index < -0.39 is 24.2 Å². The van der Waals surface area contributed by atoms with E-state index in [4.69, 9.17) is 9.68 Å². The van der Waals surface area contributed by atoms with Gasteiger partial charge in [-0.05, 0) is 77.8 Å². The number of benzene rings is 2. The molecule has 0 spiro atoms. The van der Waals surface area contributed by atoms with Crippen molar-refractivity contribution in [1.29, 1.82) is 0 Å².